The van der Waals surface area contributed by atoms with Crippen molar-refractivity contribution in [1.82, 2.24) is 4.90 Å². The van der Waals surface area contributed by atoms with Gasteiger partial charge in [-0.2, -0.15) is 0 Å². The summed E-state index contributed by atoms with van der Waals surface area (Å²) in [7, 11) is 0. The molecule has 0 N–H and O–H groups in total. The minimum absolute atomic E-state index is 0.205. The Morgan fingerprint density at radius 3 is 1.86 bits per heavy atom. The molecule has 0 aliphatic carbocycles. The molecule has 1 heterocycles. The van der Waals surface area contributed by atoms with Gasteiger partial charge in [0, 0.05) is 0 Å². The van der Waals surface area contributed by atoms with Gasteiger partial charge >= 0.3 is 0 Å². The van der Waals surface area contributed by atoms with Crippen LogP contribution in [0.2, 0.25) is 0 Å². The molecule has 0 saturated heterocycles. The summed E-state index contributed by atoms with van der Waals surface area (Å²) in [6, 6.07) is 15.1. The van der Waals surface area contributed by atoms with E-state index in [2.05, 4.69) is 26.0 Å². The second-order valence-electron chi connectivity index (χ2n) is 5.64. The fourth-order valence-electron chi connectivity index (χ4n) is 2.57. The van der Waals surface area contributed by atoms with Crippen LogP contribution in [-0.4, -0.2) is 16.7 Å². The van der Waals surface area contributed by atoms with E-state index in [-0.39, 0.29) is 11.8 Å². The van der Waals surface area contributed by atoms with Crippen LogP contribution in [0.15, 0.2) is 48.5 Å². The second-order valence-corrected chi connectivity index (χ2v) is 5.64. The average Bonchev–Trinajstić information content (AvgIpc) is 2.73. The maximum atomic E-state index is 12.3. The lowest BCUT2D eigenvalue weighted by Gasteiger charge is -2.14. The van der Waals surface area contributed by atoms with Crippen LogP contribution < -0.4 is 0 Å². The van der Waals surface area contributed by atoms with Gasteiger partial charge in [-0.05, 0) is 29.2 Å². The first kappa shape index (κ1) is 13.6. The third kappa shape index (κ3) is 2.35. The molecule has 1 aliphatic heterocycles. The highest BCUT2D eigenvalue weighted by atomic mass is 16.2. The van der Waals surface area contributed by atoms with Crippen LogP contribution in [-0.2, 0) is 6.54 Å². The van der Waals surface area contributed by atoms with Gasteiger partial charge in [0.05, 0.1) is 17.7 Å². The highest BCUT2D eigenvalue weighted by Crippen LogP contribution is 2.24. The second kappa shape index (κ2) is 5.17. The molecule has 0 unspecified atom stereocenters. The van der Waals surface area contributed by atoms with Gasteiger partial charge in [0.2, 0.25) is 0 Å². The summed E-state index contributed by atoms with van der Waals surface area (Å²) < 4.78 is 0. The van der Waals surface area contributed by atoms with Gasteiger partial charge in [0.25, 0.3) is 11.8 Å². The van der Waals surface area contributed by atoms with Crippen LogP contribution in [0, 0.1) is 0 Å². The molecular formula is C18H17NO2. The van der Waals surface area contributed by atoms with Gasteiger partial charge < -0.3 is 0 Å². The van der Waals surface area contributed by atoms with Gasteiger partial charge in [-0.25, -0.2) is 0 Å². The Hall–Kier alpha value is -2.42. The number of nitrogens with zero attached hydrogens (tertiary/aromatic N) is 1. The molecule has 2 amide bonds. The Balaban J connectivity index is 1.83. The van der Waals surface area contributed by atoms with E-state index < -0.39 is 0 Å². The van der Waals surface area contributed by atoms with Crippen molar-refractivity contribution >= 4 is 11.8 Å². The normalized spacial score (nSPS) is 14.0. The van der Waals surface area contributed by atoms with Gasteiger partial charge in [-0.1, -0.05) is 50.2 Å². The largest absolute Gasteiger partial charge is 0.270 e. The molecule has 1 aliphatic rings. The monoisotopic (exact) mass is 279 g/mol. The fourth-order valence-corrected chi connectivity index (χ4v) is 2.57. The van der Waals surface area contributed by atoms with E-state index in [0.717, 1.165) is 5.56 Å². The van der Waals surface area contributed by atoms with E-state index in [1.807, 2.05) is 12.1 Å². The first-order valence-corrected chi connectivity index (χ1v) is 7.12. The lowest BCUT2D eigenvalue weighted by molar-refractivity contribution is 0.0642. The van der Waals surface area contributed by atoms with E-state index in [4.69, 9.17) is 0 Å². The molecule has 21 heavy (non-hydrogen) atoms. The Labute approximate surface area is 124 Å². The predicted molar refractivity (Wildman–Crippen MR) is 81.2 cm³/mol. The minimum atomic E-state index is -0.205. The maximum Gasteiger partial charge on any atom is 0.261 e. The first-order chi connectivity index (χ1) is 10.1. The molecule has 0 radical (unpaired) electrons. The zero-order chi connectivity index (χ0) is 15.0. The third-order valence-corrected chi connectivity index (χ3v) is 3.87. The smallest absolute Gasteiger partial charge is 0.261 e. The number of rotatable bonds is 3. The number of fused-ring (bicyclic) bond motifs is 1. The molecule has 3 heteroatoms. The summed E-state index contributed by atoms with van der Waals surface area (Å²) >= 11 is 0. The van der Waals surface area contributed by atoms with Crippen molar-refractivity contribution in [2.45, 2.75) is 26.3 Å². The van der Waals surface area contributed by atoms with Crippen molar-refractivity contribution in [2.75, 3.05) is 0 Å². The van der Waals surface area contributed by atoms with Crippen LogP contribution in [0.4, 0.5) is 0 Å². The highest BCUT2D eigenvalue weighted by molar-refractivity contribution is 6.21. The first-order valence-electron chi connectivity index (χ1n) is 7.12. The van der Waals surface area contributed by atoms with Crippen LogP contribution in [0.3, 0.4) is 0 Å². The van der Waals surface area contributed by atoms with Crippen LogP contribution in [0.1, 0.15) is 51.6 Å². The zero-order valence-electron chi connectivity index (χ0n) is 12.2. The summed E-state index contributed by atoms with van der Waals surface area (Å²) in [5.74, 6) is 0.0606. The van der Waals surface area contributed by atoms with Crippen LogP contribution in [0.5, 0.6) is 0 Å². The molecule has 0 atom stereocenters. The molecule has 2 aromatic rings. The average molecular weight is 279 g/mol. The molecule has 0 saturated carbocycles. The Morgan fingerprint density at radius 1 is 0.857 bits per heavy atom. The fraction of sp³-hybridized carbons (Fsp3) is 0.222. The van der Waals surface area contributed by atoms with E-state index >= 15 is 0 Å². The van der Waals surface area contributed by atoms with Crippen LogP contribution in [0.25, 0.3) is 0 Å². The molecule has 0 aromatic heterocycles. The van der Waals surface area contributed by atoms with Crippen molar-refractivity contribution < 1.29 is 9.59 Å². The number of hydrogen-bond donors (Lipinski definition) is 0. The molecule has 0 bridgehead atoms. The summed E-state index contributed by atoms with van der Waals surface area (Å²) in [6.07, 6.45) is 0. The molecule has 2 aromatic carbocycles. The zero-order valence-corrected chi connectivity index (χ0v) is 12.2. The number of carbonyl (C=O) groups excluding carboxylic acids is 2. The van der Waals surface area contributed by atoms with Crippen molar-refractivity contribution in [3.05, 3.63) is 70.8 Å². The van der Waals surface area contributed by atoms with Gasteiger partial charge in [-0.15, -0.1) is 0 Å². The molecule has 0 fully saturated rings. The number of benzene rings is 2. The van der Waals surface area contributed by atoms with Crippen molar-refractivity contribution in [2.24, 2.45) is 0 Å². The number of amides is 2. The lowest BCUT2D eigenvalue weighted by atomic mass is 10.0. The van der Waals surface area contributed by atoms with Gasteiger partial charge in [0.1, 0.15) is 0 Å². The summed E-state index contributed by atoms with van der Waals surface area (Å²) in [6.45, 7) is 4.60. The standard InChI is InChI=1S/C18H17NO2/c1-12(2)14-9-7-13(8-10-14)11-19-17(20)15-5-3-4-6-16(15)18(19)21/h3-10,12H,11H2,1-2H3. The third-order valence-electron chi connectivity index (χ3n) is 3.87. The Bertz CT molecular complexity index is 666. The van der Waals surface area contributed by atoms with E-state index in [9.17, 15) is 9.59 Å². The van der Waals surface area contributed by atoms with Gasteiger partial charge in [-0.3, -0.25) is 14.5 Å². The maximum absolute atomic E-state index is 12.3. The highest BCUT2D eigenvalue weighted by Gasteiger charge is 2.34. The molecule has 3 nitrogen and oxygen atoms in total. The van der Waals surface area contributed by atoms with E-state index in [1.165, 1.54) is 10.5 Å². The lowest BCUT2D eigenvalue weighted by Crippen LogP contribution is -2.29. The Morgan fingerprint density at radius 2 is 1.38 bits per heavy atom. The summed E-state index contributed by atoms with van der Waals surface area (Å²) in [4.78, 5) is 25.9. The summed E-state index contributed by atoms with van der Waals surface area (Å²) in [5.41, 5.74) is 3.22. The molecule has 3 rings (SSSR count). The Kier molecular flexibility index (Phi) is 3.34. The van der Waals surface area contributed by atoms with Gasteiger partial charge in [0.15, 0.2) is 0 Å². The SMILES string of the molecule is CC(C)c1ccc(CN2C(=O)c3ccccc3C2=O)cc1. The number of imide groups is 1. The number of carbonyl (C=O) groups is 2. The van der Waals surface area contributed by atoms with Crippen molar-refractivity contribution in [1.29, 1.82) is 0 Å². The van der Waals surface area contributed by atoms with E-state index in [1.54, 1.807) is 24.3 Å². The molecular weight excluding hydrogens is 262 g/mol. The van der Waals surface area contributed by atoms with Crippen molar-refractivity contribution in [3.63, 3.8) is 0 Å². The summed E-state index contributed by atoms with van der Waals surface area (Å²) in [5, 5.41) is 0. The number of hydrogen-bond acceptors (Lipinski definition) is 2. The van der Waals surface area contributed by atoms with Crippen molar-refractivity contribution in [3.8, 4) is 0 Å². The molecule has 0 spiro atoms. The molecule has 106 valence electrons. The topological polar surface area (TPSA) is 37.4 Å². The quantitative estimate of drug-likeness (QED) is 0.805. The predicted octanol–water partition coefficient (Wildman–Crippen LogP) is 3.61. The minimum Gasteiger partial charge on any atom is -0.270 e. The van der Waals surface area contributed by atoms with E-state index in [0.29, 0.717) is 23.6 Å². The van der Waals surface area contributed by atoms with Crippen LogP contribution >= 0.6 is 0 Å².